The first-order valence-corrected chi connectivity index (χ1v) is 11.6. The zero-order chi connectivity index (χ0) is 25.8. The van der Waals surface area contributed by atoms with Crippen LogP contribution in [0.1, 0.15) is 74.1 Å². The highest BCUT2D eigenvalue weighted by Gasteiger charge is 2.17. The van der Waals surface area contributed by atoms with E-state index in [-0.39, 0.29) is 41.4 Å². The molecule has 0 aliphatic carbocycles. The summed E-state index contributed by atoms with van der Waals surface area (Å²) in [5.41, 5.74) is 1.18. The number of amides is 2. The Hall–Kier alpha value is -3.23. The van der Waals surface area contributed by atoms with Crippen molar-refractivity contribution in [3.05, 3.63) is 29.3 Å². The zero-order valence-corrected chi connectivity index (χ0v) is 20.8. The summed E-state index contributed by atoms with van der Waals surface area (Å²) in [6.45, 7) is 7.36. The third-order valence-corrected chi connectivity index (χ3v) is 5.26. The number of hydrogen-bond acceptors (Lipinski definition) is 6. The Bertz CT molecular complexity index is 895. The molecule has 0 aliphatic heterocycles. The van der Waals surface area contributed by atoms with Gasteiger partial charge in [0.1, 0.15) is 6.54 Å². The average molecular weight is 476 g/mol. The largest absolute Gasteiger partial charge is 0.480 e. The van der Waals surface area contributed by atoms with Gasteiger partial charge in [-0.1, -0.05) is 34.1 Å². The van der Waals surface area contributed by atoms with Crippen LogP contribution in [0.2, 0.25) is 0 Å². The van der Waals surface area contributed by atoms with Crippen LogP contribution >= 0.6 is 0 Å². The molecule has 0 aromatic heterocycles. The van der Waals surface area contributed by atoms with Gasteiger partial charge in [0, 0.05) is 48.7 Å². The molecule has 0 atom stereocenters. The van der Waals surface area contributed by atoms with Crippen molar-refractivity contribution in [3.63, 3.8) is 0 Å². The molecule has 0 unspecified atom stereocenters. The number of benzene rings is 1. The zero-order valence-electron chi connectivity index (χ0n) is 20.8. The Morgan fingerprint density at radius 1 is 0.912 bits per heavy atom. The number of rotatable bonds is 15. The minimum absolute atomic E-state index is 0.0363. The molecule has 9 nitrogen and oxygen atoms in total. The number of likely N-dealkylation sites (N-methyl/N-ethyl adjacent to an activating group) is 1. The number of anilines is 1. The van der Waals surface area contributed by atoms with Gasteiger partial charge in [-0.2, -0.15) is 0 Å². The first kappa shape index (κ1) is 28.8. The molecule has 0 heterocycles. The Morgan fingerprint density at radius 2 is 1.56 bits per heavy atom. The lowest BCUT2D eigenvalue weighted by atomic mass is 9.98. The molecule has 34 heavy (non-hydrogen) atoms. The van der Waals surface area contributed by atoms with Crippen LogP contribution in [-0.4, -0.2) is 66.0 Å². The van der Waals surface area contributed by atoms with Crippen LogP contribution in [0.25, 0.3) is 0 Å². The lowest BCUT2D eigenvalue weighted by Crippen LogP contribution is -2.33. The number of aliphatic carboxylic acids is 1. The summed E-state index contributed by atoms with van der Waals surface area (Å²) in [6, 6.07) is 4.73. The molecule has 1 aromatic carbocycles. The van der Waals surface area contributed by atoms with Crippen LogP contribution in [0.4, 0.5) is 5.69 Å². The van der Waals surface area contributed by atoms with Gasteiger partial charge in [-0.05, 0) is 31.0 Å². The topological polar surface area (TPSA) is 133 Å². The number of ketones is 2. The van der Waals surface area contributed by atoms with Crippen LogP contribution in [0, 0.1) is 11.8 Å². The van der Waals surface area contributed by atoms with E-state index in [0.29, 0.717) is 30.6 Å². The van der Waals surface area contributed by atoms with E-state index >= 15 is 0 Å². The maximum atomic E-state index is 12.5. The molecule has 9 heteroatoms. The molecular weight excluding hydrogens is 438 g/mol. The van der Waals surface area contributed by atoms with E-state index in [1.165, 1.54) is 11.0 Å². The Balaban J connectivity index is 2.62. The highest BCUT2D eigenvalue weighted by atomic mass is 16.4. The van der Waals surface area contributed by atoms with Gasteiger partial charge in [-0.3, -0.25) is 24.0 Å². The summed E-state index contributed by atoms with van der Waals surface area (Å²) in [6.07, 6.45) is 2.62. The standard InChI is InChI=1S/C25H37N3O6/c1-16(2)21(29)15-28(5)22(30)9-7-6-8-10-26-20-12-18(24(33)17(3)4)11-19(13-20)25(34)27-14-23(31)32/h11-13,16-17,26H,6-10,14-15H2,1-5H3,(H,27,34)(H,31,32). The lowest BCUT2D eigenvalue weighted by Gasteiger charge is -2.17. The van der Waals surface area contributed by atoms with Crippen LogP contribution < -0.4 is 10.6 Å². The number of nitrogens with one attached hydrogen (secondary N) is 2. The number of unbranched alkanes of at least 4 members (excludes halogenated alkanes) is 2. The van der Waals surface area contributed by atoms with Gasteiger partial charge < -0.3 is 20.6 Å². The van der Waals surface area contributed by atoms with Gasteiger partial charge in [0.25, 0.3) is 5.91 Å². The van der Waals surface area contributed by atoms with E-state index in [4.69, 9.17) is 5.11 Å². The molecule has 0 radical (unpaired) electrons. The van der Waals surface area contributed by atoms with Crippen molar-refractivity contribution >= 4 is 35.0 Å². The molecule has 0 aliphatic rings. The van der Waals surface area contributed by atoms with Crippen molar-refractivity contribution < 1.29 is 29.1 Å². The second-order valence-electron chi connectivity index (χ2n) is 9.00. The molecule has 1 aromatic rings. The lowest BCUT2D eigenvalue weighted by molar-refractivity contribution is -0.135. The Kier molecular flexibility index (Phi) is 12.0. The summed E-state index contributed by atoms with van der Waals surface area (Å²) >= 11 is 0. The van der Waals surface area contributed by atoms with Crippen LogP contribution in [0.15, 0.2) is 18.2 Å². The average Bonchev–Trinajstić information content (AvgIpc) is 2.78. The normalized spacial score (nSPS) is 10.8. The fourth-order valence-corrected chi connectivity index (χ4v) is 3.10. The van der Waals surface area contributed by atoms with Gasteiger partial charge in [0.2, 0.25) is 5.91 Å². The number of carbonyl (C=O) groups is 5. The van der Waals surface area contributed by atoms with Gasteiger partial charge in [0.05, 0.1) is 6.54 Å². The Labute approximate surface area is 201 Å². The van der Waals surface area contributed by atoms with Crippen molar-refractivity contribution in [2.45, 2.75) is 53.4 Å². The smallest absolute Gasteiger partial charge is 0.322 e. The molecule has 2 amide bonds. The molecule has 0 saturated heterocycles. The predicted octanol–water partition coefficient (Wildman–Crippen LogP) is 3.00. The monoisotopic (exact) mass is 475 g/mol. The maximum Gasteiger partial charge on any atom is 0.322 e. The summed E-state index contributed by atoms with van der Waals surface area (Å²) in [5, 5.41) is 14.3. The molecule has 1 rings (SSSR count). The van der Waals surface area contributed by atoms with Crippen molar-refractivity contribution in [1.29, 1.82) is 0 Å². The van der Waals surface area contributed by atoms with E-state index in [2.05, 4.69) is 10.6 Å². The first-order valence-electron chi connectivity index (χ1n) is 11.6. The number of hydrogen-bond donors (Lipinski definition) is 3. The quantitative estimate of drug-likeness (QED) is 0.262. The van der Waals surface area contributed by atoms with Crippen molar-refractivity contribution in [2.24, 2.45) is 11.8 Å². The van der Waals surface area contributed by atoms with Crippen LogP contribution in [0.5, 0.6) is 0 Å². The highest BCUT2D eigenvalue weighted by molar-refractivity contribution is 6.03. The number of Topliss-reactive ketones (excluding diaryl/α,β-unsaturated/α-hetero) is 2. The number of carboxylic acid groups (broad SMARTS) is 1. The summed E-state index contributed by atoms with van der Waals surface area (Å²) in [5.74, 6) is -2.21. The molecule has 0 bridgehead atoms. The highest BCUT2D eigenvalue weighted by Crippen LogP contribution is 2.19. The molecular formula is C25H37N3O6. The molecule has 0 fully saturated rings. The fraction of sp³-hybridized carbons (Fsp3) is 0.560. The fourth-order valence-electron chi connectivity index (χ4n) is 3.10. The van der Waals surface area contributed by atoms with Crippen LogP contribution in [-0.2, 0) is 14.4 Å². The van der Waals surface area contributed by atoms with E-state index < -0.39 is 18.4 Å². The van der Waals surface area contributed by atoms with E-state index in [0.717, 1.165) is 12.8 Å². The van der Waals surface area contributed by atoms with E-state index in [1.807, 2.05) is 13.8 Å². The Morgan fingerprint density at radius 3 is 2.15 bits per heavy atom. The third kappa shape index (κ3) is 10.1. The van der Waals surface area contributed by atoms with E-state index in [9.17, 15) is 24.0 Å². The van der Waals surface area contributed by atoms with Gasteiger partial charge in [-0.25, -0.2) is 0 Å². The minimum atomic E-state index is -1.16. The predicted molar refractivity (Wildman–Crippen MR) is 130 cm³/mol. The van der Waals surface area contributed by atoms with Crippen LogP contribution in [0.3, 0.4) is 0 Å². The molecule has 3 N–H and O–H groups in total. The minimum Gasteiger partial charge on any atom is -0.480 e. The van der Waals surface area contributed by atoms with Gasteiger partial charge >= 0.3 is 5.97 Å². The van der Waals surface area contributed by atoms with Gasteiger partial charge in [0.15, 0.2) is 11.6 Å². The third-order valence-electron chi connectivity index (χ3n) is 5.26. The number of carbonyl (C=O) groups excluding carboxylic acids is 4. The SMILES string of the molecule is CC(C)C(=O)CN(C)C(=O)CCCCCNc1cc(C(=O)NCC(=O)O)cc(C(=O)C(C)C)c1. The number of nitrogens with zero attached hydrogens (tertiary/aromatic N) is 1. The molecule has 188 valence electrons. The maximum absolute atomic E-state index is 12.5. The molecule has 0 saturated carbocycles. The first-order chi connectivity index (χ1) is 15.9. The van der Waals surface area contributed by atoms with Gasteiger partial charge in [-0.15, -0.1) is 0 Å². The van der Waals surface area contributed by atoms with E-state index in [1.54, 1.807) is 33.0 Å². The van der Waals surface area contributed by atoms with Crippen molar-refractivity contribution in [3.8, 4) is 0 Å². The molecule has 0 spiro atoms. The second kappa shape index (κ2) is 14.1. The summed E-state index contributed by atoms with van der Waals surface area (Å²) in [4.78, 5) is 60.9. The van der Waals surface area contributed by atoms with Crippen molar-refractivity contribution in [1.82, 2.24) is 10.2 Å². The summed E-state index contributed by atoms with van der Waals surface area (Å²) in [7, 11) is 1.64. The number of carboxylic acids is 1. The summed E-state index contributed by atoms with van der Waals surface area (Å²) < 4.78 is 0. The van der Waals surface area contributed by atoms with Crippen molar-refractivity contribution in [2.75, 3.05) is 32.0 Å². The second-order valence-corrected chi connectivity index (χ2v) is 9.00.